The highest BCUT2D eigenvalue weighted by Gasteiger charge is 2.31. The van der Waals surface area contributed by atoms with Gasteiger partial charge in [-0.05, 0) is 104 Å². The number of benzene rings is 1. The van der Waals surface area contributed by atoms with E-state index in [0.717, 1.165) is 79.0 Å². The predicted molar refractivity (Wildman–Crippen MR) is 216 cm³/mol. The Bertz CT molecular complexity index is 2760. The molecule has 2 saturated heterocycles. The number of carbonyl (C=O) groups is 3. The van der Waals surface area contributed by atoms with Crippen molar-refractivity contribution < 1.29 is 23.5 Å². The summed E-state index contributed by atoms with van der Waals surface area (Å²) in [6.45, 7) is 4.13. The monoisotopic (exact) mass is 776 g/mol. The maximum atomic E-state index is 13.0. The van der Waals surface area contributed by atoms with Crippen LogP contribution >= 0.6 is 0 Å². The van der Waals surface area contributed by atoms with Gasteiger partial charge in [-0.1, -0.05) is 5.92 Å². The Balaban J connectivity index is 0.901. The third-order valence-corrected chi connectivity index (χ3v) is 11.3. The number of piperidine rings is 1. The minimum atomic E-state index is -0.552. The summed E-state index contributed by atoms with van der Waals surface area (Å²) in [5.74, 6) is 5.73. The second kappa shape index (κ2) is 15.3. The molecule has 0 spiro atoms. The number of fused-ring (bicyclic) bond motifs is 3. The first-order valence-electron chi connectivity index (χ1n) is 19.5. The molecule has 1 aromatic carbocycles. The van der Waals surface area contributed by atoms with Gasteiger partial charge in [0.2, 0.25) is 11.8 Å². The fourth-order valence-electron chi connectivity index (χ4n) is 8.26. The molecule has 0 saturated carbocycles. The molecule has 9 rings (SSSR count). The minimum Gasteiger partial charge on any atom is -0.448 e. The van der Waals surface area contributed by atoms with E-state index in [4.69, 9.17) is 14.3 Å². The van der Waals surface area contributed by atoms with Crippen LogP contribution in [0.5, 0.6) is 0 Å². The van der Waals surface area contributed by atoms with Crippen molar-refractivity contribution >= 4 is 51.1 Å². The molecule has 3 aliphatic heterocycles. The number of aromatic nitrogens is 5. The van der Waals surface area contributed by atoms with Crippen LogP contribution in [0.1, 0.15) is 82.6 Å². The molecule has 0 aliphatic carbocycles. The van der Waals surface area contributed by atoms with Crippen molar-refractivity contribution in [3.05, 3.63) is 105 Å². The quantitative estimate of drug-likeness (QED) is 0.170. The van der Waals surface area contributed by atoms with Crippen molar-refractivity contribution in [3.63, 3.8) is 0 Å². The molecule has 0 radical (unpaired) electrons. The molecule has 2 fully saturated rings. The maximum Gasteiger partial charge on any atom is 0.270 e. The van der Waals surface area contributed by atoms with Crippen LogP contribution in [-0.4, -0.2) is 68.8 Å². The van der Waals surface area contributed by atoms with Gasteiger partial charge in [0.05, 0.1) is 35.1 Å². The summed E-state index contributed by atoms with van der Waals surface area (Å²) in [5.41, 5.74) is 7.57. The Kier molecular flexibility index (Phi) is 9.74. The van der Waals surface area contributed by atoms with Crippen LogP contribution in [0, 0.1) is 18.8 Å². The van der Waals surface area contributed by atoms with Crippen LogP contribution in [-0.2, 0) is 27.8 Å². The zero-order chi connectivity index (χ0) is 39.9. The smallest absolute Gasteiger partial charge is 0.270 e. The molecule has 58 heavy (non-hydrogen) atoms. The van der Waals surface area contributed by atoms with E-state index < -0.39 is 5.92 Å². The Morgan fingerprint density at radius 3 is 2.66 bits per heavy atom. The molecular weight excluding hydrogens is 737 g/mol. The number of anilines is 2. The Morgan fingerprint density at radius 2 is 1.84 bits per heavy atom. The lowest BCUT2D eigenvalue weighted by Crippen LogP contribution is -2.39. The van der Waals surface area contributed by atoms with Crippen LogP contribution in [0.25, 0.3) is 33.1 Å². The minimum absolute atomic E-state index is 0.00133. The molecular formula is C44H40N8O6. The van der Waals surface area contributed by atoms with Crippen LogP contribution in [0.2, 0.25) is 0 Å². The van der Waals surface area contributed by atoms with Gasteiger partial charge in [0, 0.05) is 73.6 Å². The van der Waals surface area contributed by atoms with Crippen LogP contribution in [0.15, 0.2) is 70.1 Å². The van der Waals surface area contributed by atoms with Gasteiger partial charge in [-0.15, -0.1) is 10.2 Å². The average Bonchev–Trinajstić information content (AvgIpc) is 3.68. The summed E-state index contributed by atoms with van der Waals surface area (Å²) in [6.07, 6.45) is 7.44. The Labute approximate surface area is 333 Å². The number of hydrogen-bond acceptors (Lipinski definition) is 11. The molecule has 1 unspecified atom stereocenters. The molecule has 5 aromatic heterocycles. The number of carbonyl (C=O) groups excluding carboxylic acids is 3. The van der Waals surface area contributed by atoms with E-state index >= 15 is 0 Å². The zero-order valence-corrected chi connectivity index (χ0v) is 32.1. The number of ether oxygens (including phenoxy) is 1. The predicted octanol–water partition coefficient (Wildman–Crippen LogP) is 5.12. The highest BCUT2D eigenvalue weighted by Crippen LogP contribution is 2.40. The van der Waals surface area contributed by atoms with E-state index in [1.807, 2.05) is 26.1 Å². The number of furan rings is 1. The number of amides is 3. The lowest BCUT2D eigenvalue weighted by molar-refractivity contribution is -0.134. The first kappa shape index (κ1) is 36.9. The Hall–Kier alpha value is -6.72. The lowest BCUT2D eigenvalue weighted by Gasteiger charge is -2.32. The van der Waals surface area contributed by atoms with Gasteiger partial charge < -0.3 is 23.9 Å². The summed E-state index contributed by atoms with van der Waals surface area (Å²) in [7, 11) is 1.84. The number of aryl methyl sites for hydroxylation is 3. The van der Waals surface area contributed by atoms with Gasteiger partial charge in [-0.25, -0.2) is 0 Å². The summed E-state index contributed by atoms with van der Waals surface area (Å²) >= 11 is 0. The molecule has 292 valence electrons. The third-order valence-electron chi connectivity index (χ3n) is 11.3. The topological polar surface area (TPSA) is 174 Å². The lowest BCUT2D eigenvalue weighted by atomic mass is 9.89. The summed E-state index contributed by atoms with van der Waals surface area (Å²) in [6, 6.07) is 15.3. The molecule has 8 heterocycles. The number of imide groups is 1. The van der Waals surface area contributed by atoms with Crippen LogP contribution in [0.3, 0.4) is 0 Å². The fourth-order valence-corrected chi connectivity index (χ4v) is 8.26. The second-order valence-electron chi connectivity index (χ2n) is 15.0. The molecule has 14 heteroatoms. The van der Waals surface area contributed by atoms with E-state index in [2.05, 4.69) is 54.6 Å². The number of nitrogens with zero attached hydrogens (tertiary/aromatic N) is 6. The van der Waals surface area contributed by atoms with Gasteiger partial charge in [0.1, 0.15) is 11.3 Å². The van der Waals surface area contributed by atoms with Crippen molar-refractivity contribution in [1.82, 2.24) is 35.4 Å². The average molecular weight is 777 g/mol. The van der Waals surface area contributed by atoms with E-state index in [1.54, 1.807) is 41.2 Å². The number of rotatable bonds is 6. The number of pyridine rings is 3. The van der Waals surface area contributed by atoms with Gasteiger partial charge >= 0.3 is 0 Å². The molecule has 0 bridgehead atoms. The zero-order valence-electron chi connectivity index (χ0n) is 32.1. The van der Waals surface area contributed by atoms with Crippen LogP contribution in [0.4, 0.5) is 11.5 Å². The Morgan fingerprint density at radius 1 is 0.983 bits per heavy atom. The van der Waals surface area contributed by atoms with E-state index in [0.29, 0.717) is 46.0 Å². The number of nitrogens with one attached hydrogen (secondary N) is 2. The third kappa shape index (κ3) is 6.98. The molecule has 2 N–H and O–H groups in total. The van der Waals surface area contributed by atoms with Gasteiger partial charge in [-0.3, -0.25) is 34.5 Å². The van der Waals surface area contributed by atoms with E-state index in [-0.39, 0.29) is 41.9 Å². The van der Waals surface area contributed by atoms with E-state index in [1.165, 1.54) is 5.56 Å². The second-order valence-corrected chi connectivity index (χ2v) is 15.0. The maximum absolute atomic E-state index is 13.0. The molecule has 1 atom stereocenters. The molecule has 14 nitrogen and oxygen atoms in total. The van der Waals surface area contributed by atoms with Crippen molar-refractivity contribution in [2.75, 3.05) is 31.2 Å². The van der Waals surface area contributed by atoms with Crippen LogP contribution < -0.4 is 21.1 Å². The van der Waals surface area contributed by atoms with Gasteiger partial charge in [0.25, 0.3) is 11.5 Å². The molecule has 6 aromatic rings. The standard InChI is InChI=1S/C44H40N8O6/c1-25-19-32-36(51(2)44(25)56)21-29(26-12-17-57-18-13-26)22-37(32)52-16-4-5-27-20-35(49-50-41(27)52)28-7-9-34(47-24-28)43(55)46-14-3-6-30-23-33-38(58-30)11-15-45-40(33)31-8-10-39(53)48-42(31)54/h7,9,11,15,19-24,26,31H,4-5,8,10,12-14,16-18H2,1-2H3,(H,46,55)(H,48,53,54). The first-order valence-corrected chi connectivity index (χ1v) is 19.5. The number of hydrogen-bond donors (Lipinski definition) is 2. The SMILES string of the molecule is Cc1cc2c(N3CCCc4cc(-c5ccc(C(=O)NCC#Cc6cc7c(C8CCC(=O)NC8=O)nccc7o6)nc5)nnc43)cc(C3CCOCC3)cc2n(C)c1=O. The molecule has 3 aliphatic rings. The normalized spacial score (nSPS) is 17.1. The van der Waals surface area contributed by atoms with E-state index in [9.17, 15) is 19.2 Å². The summed E-state index contributed by atoms with van der Waals surface area (Å²) in [5, 5.41) is 16.2. The summed E-state index contributed by atoms with van der Waals surface area (Å²) in [4.78, 5) is 61.1. The first-order chi connectivity index (χ1) is 28.2. The highest BCUT2D eigenvalue weighted by atomic mass is 16.5. The summed E-state index contributed by atoms with van der Waals surface area (Å²) < 4.78 is 13.3. The van der Waals surface area contributed by atoms with Crippen molar-refractivity contribution in [3.8, 4) is 23.1 Å². The van der Waals surface area contributed by atoms with Gasteiger partial charge in [0.15, 0.2) is 11.6 Å². The fraction of sp³-hybridized carbons (Fsp3) is 0.318. The highest BCUT2D eigenvalue weighted by molar-refractivity contribution is 6.02. The van der Waals surface area contributed by atoms with Crippen molar-refractivity contribution in [2.45, 2.75) is 57.3 Å². The molecule has 3 amide bonds. The largest absolute Gasteiger partial charge is 0.448 e. The van der Waals surface area contributed by atoms with Gasteiger partial charge in [-0.2, -0.15) is 0 Å². The van der Waals surface area contributed by atoms with Crippen molar-refractivity contribution in [1.29, 1.82) is 0 Å². The van der Waals surface area contributed by atoms with Crippen molar-refractivity contribution in [2.24, 2.45) is 7.05 Å².